The predicted octanol–water partition coefficient (Wildman–Crippen LogP) is 2.86. The summed E-state index contributed by atoms with van der Waals surface area (Å²) in [5, 5.41) is 8.70. The second-order valence-electron chi connectivity index (χ2n) is 10.9. The van der Waals surface area contributed by atoms with Gasteiger partial charge in [0.1, 0.15) is 23.6 Å². The van der Waals surface area contributed by atoms with Crippen molar-refractivity contribution in [3.05, 3.63) is 69.6 Å². The minimum absolute atomic E-state index is 0.0578. The van der Waals surface area contributed by atoms with Crippen LogP contribution < -0.4 is 17.0 Å². The maximum absolute atomic E-state index is 14.1. The summed E-state index contributed by atoms with van der Waals surface area (Å²) in [5.74, 6) is 0.112. The number of fused-ring (bicyclic) bond motifs is 3. The zero-order valence-electron chi connectivity index (χ0n) is 22.5. The Balaban J connectivity index is 1.34. The predicted molar refractivity (Wildman–Crippen MR) is 157 cm³/mol. The van der Waals surface area contributed by atoms with Crippen LogP contribution >= 0.6 is 0 Å². The Morgan fingerprint density at radius 3 is 2.75 bits per heavy atom. The van der Waals surface area contributed by atoms with Crippen molar-refractivity contribution in [1.29, 1.82) is 0 Å². The highest BCUT2D eigenvalue weighted by molar-refractivity contribution is 6.17. The fraction of sp³-hybridized carbons (Fsp3) is 0.345. The van der Waals surface area contributed by atoms with Crippen LogP contribution in [0.15, 0.2) is 66.8 Å². The Hall–Kier alpha value is -4.51. The zero-order valence-corrected chi connectivity index (χ0v) is 22.5. The lowest BCUT2D eigenvalue weighted by Crippen LogP contribution is -2.43. The number of aromatic nitrogens is 2. The van der Waals surface area contributed by atoms with Gasteiger partial charge in [0, 0.05) is 17.3 Å². The first kappa shape index (κ1) is 24.5. The van der Waals surface area contributed by atoms with Crippen molar-refractivity contribution < 1.29 is 4.42 Å². The van der Waals surface area contributed by atoms with E-state index in [0.29, 0.717) is 23.5 Å². The summed E-state index contributed by atoms with van der Waals surface area (Å²) < 4.78 is 7.47. The molecule has 7 rings (SSSR count). The number of nitrogens with two attached hydrogens (primary N) is 2. The van der Waals surface area contributed by atoms with Gasteiger partial charge in [-0.05, 0) is 75.1 Å². The van der Waals surface area contributed by atoms with E-state index < -0.39 is 0 Å². The minimum atomic E-state index is -0.375. The van der Waals surface area contributed by atoms with Crippen LogP contribution in [0.3, 0.4) is 0 Å². The lowest BCUT2D eigenvalue weighted by molar-refractivity contribution is 0.191. The molecule has 5 heterocycles. The van der Waals surface area contributed by atoms with Gasteiger partial charge in [0.15, 0.2) is 11.7 Å². The fourth-order valence-electron chi connectivity index (χ4n) is 6.29. The topological polar surface area (TPSA) is 144 Å². The second-order valence-corrected chi connectivity index (χ2v) is 10.9. The first-order valence-electron chi connectivity index (χ1n) is 13.6. The molecule has 2 unspecified atom stereocenters. The van der Waals surface area contributed by atoms with Gasteiger partial charge in [0.2, 0.25) is 0 Å². The van der Waals surface area contributed by atoms with Gasteiger partial charge in [-0.3, -0.25) is 9.80 Å². The number of anilines is 1. The van der Waals surface area contributed by atoms with Crippen LogP contribution in [0.1, 0.15) is 35.7 Å². The van der Waals surface area contributed by atoms with Gasteiger partial charge < -0.3 is 25.4 Å². The Labute approximate surface area is 230 Å². The molecule has 0 saturated carbocycles. The number of pyridine rings is 1. The van der Waals surface area contributed by atoms with Crippen molar-refractivity contribution in [1.82, 2.24) is 19.5 Å². The number of nitrogen functional groups attached to an aromatic ring is 1. The van der Waals surface area contributed by atoms with Crippen LogP contribution in [0.4, 0.5) is 6.01 Å². The third-order valence-corrected chi connectivity index (χ3v) is 8.33. The highest BCUT2D eigenvalue weighted by Crippen LogP contribution is 2.33. The number of hydrazone groups is 1. The summed E-state index contributed by atoms with van der Waals surface area (Å²) in [4.78, 5) is 29.6. The summed E-state index contributed by atoms with van der Waals surface area (Å²) in [5.41, 5.74) is 17.0. The fourth-order valence-corrected chi connectivity index (χ4v) is 6.29. The van der Waals surface area contributed by atoms with Gasteiger partial charge in [-0.15, -0.1) is 0 Å². The van der Waals surface area contributed by atoms with Crippen molar-refractivity contribution >= 4 is 45.8 Å². The molecular formula is C29H31N9O2. The van der Waals surface area contributed by atoms with Crippen LogP contribution in [0, 0.1) is 12.8 Å². The van der Waals surface area contributed by atoms with E-state index in [-0.39, 0.29) is 29.7 Å². The number of piperidine rings is 1. The first-order chi connectivity index (χ1) is 19.4. The molecule has 1 saturated heterocycles. The van der Waals surface area contributed by atoms with E-state index in [4.69, 9.17) is 21.0 Å². The number of rotatable bonds is 4. The summed E-state index contributed by atoms with van der Waals surface area (Å²) in [6.07, 6.45) is 2.96. The average Bonchev–Trinajstić information content (AvgIpc) is 3.49. The van der Waals surface area contributed by atoms with Crippen LogP contribution in [0.25, 0.3) is 21.9 Å². The zero-order chi connectivity index (χ0) is 27.5. The molecule has 2 aromatic heterocycles. The van der Waals surface area contributed by atoms with Crippen molar-refractivity contribution in [2.75, 3.05) is 25.9 Å². The first-order valence-corrected chi connectivity index (χ1v) is 13.6. The van der Waals surface area contributed by atoms with Gasteiger partial charge >= 0.3 is 0 Å². The van der Waals surface area contributed by atoms with E-state index in [0.717, 1.165) is 59.2 Å². The average molecular weight is 538 g/mol. The molecular weight excluding hydrogens is 506 g/mol. The van der Waals surface area contributed by atoms with E-state index in [1.54, 1.807) is 0 Å². The van der Waals surface area contributed by atoms with Crippen LogP contribution in [-0.2, 0) is 6.54 Å². The number of nitrogens with zero attached hydrogens (tertiary/aromatic N) is 7. The van der Waals surface area contributed by atoms with Crippen molar-refractivity contribution in [2.45, 2.75) is 38.5 Å². The lowest BCUT2D eigenvalue weighted by Gasteiger charge is -2.33. The molecule has 0 amide bonds. The third-order valence-electron chi connectivity index (χ3n) is 8.33. The Morgan fingerprint density at radius 2 is 1.93 bits per heavy atom. The quantitative estimate of drug-likeness (QED) is 0.407. The van der Waals surface area contributed by atoms with Gasteiger partial charge in [-0.2, -0.15) is 10.1 Å². The van der Waals surface area contributed by atoms with E-state index in [1.165, 1.54) is 6.34 Å². The molecule has 4 aromatic rings. The number of likely N-dealkylation sites (tertiary alicyclic amines) is 1. The van der Waals surface area contributed by atoms with Crippen molar-refractivity contribution in [3.63, 3.8) is 0 Å². The number of amidine groups is 1. The molecule has 0 aliphatic carbocycles. The van der Waals surface area contributed by atoms with Crippen LogP contribution in [0.5, 0.6) is 0 Å². The third kappa shape index (κ3) is 3.96. The molecule has 2 aromatic carbocycles. The molecule has 40 heavy (non-hydrogen) atoms. The Morgan fingerprint density at radius 1 is 1.10 bits per heavy atom. The normalized spacial score (nSPS) is 21.7. The summed E-state index contributed by atoms with van der Waals surface area (Å²) >= 11 is 0. The molecule has 204 valence electrons. The van der Waals surface area contributed by atoms with E-state index in [1.807, 2.05) is 52.9 Å². The number of oxazole rings is 1. The van der Waals surface area contributed by atoms with E-state index >= 15 is 0 Å². The van der Waals surface area contributed by atoms with Crippen LogP contribution in [-0.4, -0.2) is 63.6 Å². The smallest absolute Gasteiger partial charge is 0.292 e. The number of aryl methyl sites for hydroxylation is 1. The molecule has 11 heteroatoms. The standard InChI is InChI=1S/C29H31N9O2/c1-16-4-3-5-17-12-20(38(28(39)23(16)17)19-8-10-36(2)11-9-19)14-37-27-24(26(30)32-15-33-27)25(35-37)18-6-7-22-21(13-18)34-29(31)40-22/h3-7,12-13,15,19,24,27H,8-11,14H2,1-2H3,(H2,31,34)(H2,30,32,33). The highest BCUT2D eigenvalue weighted by atomic mass is 16.4. The lowest BCUT2D eigenvalue weighted by atomic mass is 9.93. The highest BCUT2D eigenvalue weighted by Gasteiger charge is 2.42. The summed E-state index contributed by atoms with van der Waals surface area (Å²) in [7, 11) is 2.13. The molecule has 11 nitrogen and oxygen atoms in total. The van der Waals surface area contributed by atoms with Crippen molar-refractivity contribution in [2.24, 2.45) is 26.7 Å². The minimum Gasteiger partial charge on any atom is -0.424 e. The maximum Gasteiger partial charge on any atom is 0.292 e. The molecule has 1 fully saturated rings. The van der Waals surface area contributed by atoms with Gasteiger partial charge in [0.05, 0.1) is 17.6 Å². The SMILES string of the molecule is Cc1cccc2cc(CN3N=C(c4ccc5oc(N)nc5c4)C4C(N)=NC=NC43)n(C3CCN(C)CC3)c(=O)c12. The number of benzene rings is 2. The molecule has 3 aliphatic heterocycles. The molecule has 0 bridgehead atoms. The molecule has 3 aliphatic rings. The second kappa shape index (κ2) is 9.30. The summed E-state index contributed by atoms with van der Waals surface area (Å²) in [6, 6.07) is 14.0. The monoisotopic (exact) mass is 537 g/mol. The Kier molecular flexibility index (Phi) is 5.70. The molecule has 2 atom stereocenters. The van der Waals surface area contributed by atoms with Crippen LogP contribution in [0.2, 0.25) is 0 Å². The van der Waals surface area contributed by atoms with E-state index in [9.17, 15) is 4.79 Å². The number of aliphatic imine (C=N–C) groups is 2. The molecule has 0 radical (unpaired) electrons. The van der Waals surface area contributed by atoms with E-state index in [2.05, 4.69) is 33.0 Å². The van der Waals surface area contributed by atoms with Crippen molar-refractivity contribution in [3.8, 4) is 0 Å². The Bertz CT molecular complexity index is 1790. The number of hydrogen-bond acceptors (Lipinski definition) is 10. The molecule has 0 spiro atoms. The van der Waals surface area contributed by atoms with Gasteiger partial charge in [0.25, 0.3) is 11.6 Å². The van der Waals surface area contributed by atoms with Gasteiger partial charge in [-0.25, -0.2) is 9.98 Å². The maximum atomic E-state index is 14.1. The summed E-state index contributed by atoms with van der Waals surface area (Å²) in [6.45, 7) is 4.30. The molecule has 4 N–H and O–H groups in total. The largest absolute Gasteiger partial charge is 0.424 e. The number of hydrogen-bond donors (Lipinski definition) is 2. The van der Waals surface area contributed by atoms with Gasteiger partial charge in [-0.1, -0.05) is 18.2 Å².